The molecule has 7 atom stereocenters. The third-order valence-electron chi connectivity index (χ3n) is 16.4. The van der Waals surface area contributed by atoms with Crippen molar-refractivity contribution in [2.75, 3.05) is 13.2 Å². The summed E-state index contributed by atoms with van der Waals surface area (Å²) in [6, 6.07) is 8.98. The molecule has 2 heterocycles. The highest BCUT2D eigenvalue weighted by Crippen LogP contribution is 2.52. The summed E-state index contributed by atoms with van der Waals surface area (Å²) in [4.78, 5) is 0. The van der Waals surface area contributed by atoms with Crippen molar-refractivity contribution >= 4 is 0 Å². The zero-order valence-electron chi connectivity index (χ0n) is 47.2. The van der Waals surface area contributed by atoms with E-state index in [0.717, 1.165) is 24.4 Å². The molecule has 0 bridgehead atoms. The van der Waals surface area contributed by atoms with E-state index in [1.54, 1.807) is 31.9 Å². The highest BCUT2D eigenvalue weighted by atomic mass is 19.4. The first-order valence-corrected chi connectivity index (χ1v) is 26.4. The molecule has 3 aliphatic carbocycles. The van der Waals surface area contributed by atoms with E-state index in [0.29, 0.717) is 27.6 Å². The third kappa shape index (κ3) is 21.2. The summed E-state index contributed by atoms with van der Waals surface area (Å²) in [6.45, 7) is 45.5. The summed E-state index contributed by atoms with van der Waals surface area (Å²) in [5.41, 5.74) is 5.00. The van der Waals surface area contributed by atoms with Gasteiger partial charge < -0.3 is 18.9 Å². The predicted octanol–water partition coefficient (Wildman–Crippen LogP) is 21.3. The van der Waals surface area contributed by atoms with Crippen LogP contribution in [-0.4, -0.2) is 49.3 Å². The molecule has 5 aliphatic rings. The largest absolute Gasteiger partial charge is 0.453 e. The van der Waals surface area contributed by atoms with E-state index < -0.39 is 48.0 Å². The monoisotopic (exact) mass is 1040 g/mol. The Morgan fingerprint density at radius 3 is 1.28 bits per heavy atom. The number of benzene rings is 1. The molecule has 4 nitrogen and oxygen atoms in total. The van der Waals surface area contributed by atoms with Gasteiger partial charge in [-0.1, -0.05) is 210 Å². The van der Waals surface area contributed by atoms with Crippen molar-refractivity contribution in [1.29, 1.82) is 0 Å². The lowest BCUT2D eigenvalue weighted by Gasteiger charge is -2.47. The molecule has 4 fully saturated rings. The van der Waals surface area contributed by atoms with Crippen LogP contribution in [0.2, 0.25) is 0 Å². The highest BCUT2D eigenvalue weighted by molar-refractivity contribution is 5.33. The molecule has 0 aromatic heterocycles. The Labute approximate surface area is 442 Å². The number of rotatable bonds is 0. The molecule has 0 spiro atoms. The molecule has 1 aromatic carbocycles. The van der Waals surface area contributed by atoms with E-state index in [1.807, 2.05) is 13.8 Å². The molecule has 6 rings (SSSR count). The standard InChI is InChI=1S/C14H20.C11H16F6O2.C11H22O2.2C11H22.4CH4/c1-14(2,3)13-10-6-8-11-7-4-5-9-12(11)13;1-6-7(8(2,3)4)5-18-9(19-6,10(12,13)14)11(15,16)17;1-8-9(10(2,3)4)7-12-11(5,6)13-8;1-10(2,3)11(4)8-6-5-7-9-11;1-9-7-5-6-8-10(9)11(2,3)4;;;;/h4-5,7,9,13H,6,8,10H2,1-3H3;6-7H,5H2,1-4H3;8-9H,7H2,1-6H3;5-9H2,1-4H3;9-10H,5-8H2,1-4H3;4*1H4. The van der Waals surface area contributed by atoms with Gasteiger partial charge in [0.1, 0.15) is 0 Å². The van der Waals surface area contributed by atoms with E-state index in [1.165, 1.54) is 84.0 Å². The Morgan fingerprint density at radius 2 is 0.917 bits per heavy atom. The first kappa shape index (κ1) is 74.9. The Hall–Kier alpha value is -1.36. The van der Waals surface area contributed by atoms with Gasteiger partial charge in [0, 0.05) is 11.8 Å². The van der Waals surface area contributed by atoms with Crippen LogP contribution in [0, 0.1) is 56.2 Å². The quantitative estimate of drug-likeness (QED) is 0.243. The second kappa shape index (κ2) is 28.3. The van der Waals surface area contributed by atoms with Crippen molar-refractivity contribution in [1.82, 2.24) is 0 Å². The number of ether oxygens (including phenoxy) is 4. The Morgan fingerprint density at radius 1 is 0.486 bits per heavy atom. The van der Waals surface area contributed by atoms with Crippen molar-refractivity contribution in [2.24, 2.45) is 56.2 Å². The number of halogens is 6. The van der Waals surface area contributed by atoms with Gasteiger partial charge in [0.25, 0.3) is 0 Å². The van der Waals surface area contributed by atoms with E-state index >= 15 is 0 Å². The summed E-state index contributed by atoms with van der Waals surface area (Å²) in [5.74, 6) is -2.32. The summed E-state index contributed by atoms with van der Waals surface area (Å²) in [6.07, 6.45) is 4.81. The van der Waals surface area contributed by atoms with Crippen LogP contribution in [0.25, 0.3) is 0 Å². The minimum absolute atomic E-state index is 0. The lowest BCUT2D eigenvalue weighted by Crippen LogP contribution is -2.66. The molecule has 0 amide bonds. The maximum Gasteiger partial charge on any atom is 0.453 e. The fourth-order valence-corrected chi connectivity index (χ4v) is 11.4. The lowest BCUT2D eigenvalue weighted by atomic mass is 9.61. The maximum atomic E-state index is 12.7. The predicted molar refractivity (Wildman–Crippen MR) is 298 cm³/mol. The summed E-state index contributed by atoms with van der Waals surface area (Å²) >= 11 is 0. The van der Waals surface area contributed by atoms with Gasteiger partial charge in [-0.15, -0.1) is 0 Å². The van der Waals surface area contributed by atoms with Crippen LogP contribution < -0.4 is 0 Å². The number of fused-ring (bicyclic) bond motifs is 1. The average molecular weight is 1040 g/mol. The molecular formula is C62H118F6O4. The first-order chi connectivity index (χ1) is 30.5. The fourth-order valence-electron chi connectivity index (χ4n) is 11.4. The molecule has 2 saturated heterocycles. The first-order valence-electron chi connectivity index (χ1n) is 26.4. The highest BCUT2D eigenvalue weighted by Gasteiger charge is 2.76. The van der Waals surface area contributed by atoms with Gasteiger partial charge in [0.2, 0.25) is 0 Å². The molecule has 432 valence electrons. The lowest BCUT2D eigenvalue weighted by molar-refractivity contribution is -0.497. The molecule has 7 unspecified atom stereocenters. The van der Waals surface area contributed by atoms with Gasteiger partial charge in [-0.2, -0.15) is 26.3 Å². The zero-order chi connectivity index (χ0) is 52.8. The molecular weight excluding hydrogens is 923 g/mol. The molecule has 2 aliphatic heterocycles. The molecule has 0 N–H and O–H groups in total. The molecule has 1 aromatic rings. The van der Waals surface area contributed by atoms with Gasteiger partial charge in [-0.25, -0.2) is 0 Å². The smallest absolute Gasteiger partial charge is 0.350 e. The number of aryl methyl sites for hydroxylation is 1. The Bertz CT molecular complexity index is 1610. The topological polar surface area (TPSA) is 36.9 Å². The van der Waals surface area contributed by atoms with Crippen LogP contribution in [0.3, 0.4) is 0 Å². The number of hydrogen-bond donors (Lipinski definition) is 0. The Kier molecular flexibility index (Phi) is 29.5. The summed E-state index contributed by atoms with van der Waals surface area (Å²) in [5, 5.41) is 0. The van der Waals surface area contributed by atoms with Gasteiger partial charge in [-0.05, 0) is 128 Å². The van der Waals surface area contributed by atoms with E-state index in [2.05, 4.69) is 138 Å². The fraction of sp³-hybridized carbons (Fsp3) is 0.903. The van der Waals surface area contributed by atoms with Crippen LogP contribution in [0.1, 0.15) is 263 Å². The Balaban J connectivity index is -0.000000827. The summed E-state index contributed by atoms with van der Waals surface area (Å²) in [7, 11) is 0. The zero-order valence-corrected chi connectivity index (χ0v) is 47.2. The third-order valence-corrected chi connectivity index (χ3v) is 16.4. The normalized spacial score (nSPS) is 27.2. The number of alkyl halides is 6. The molecule has 0 radical (unpaired) electrons. The maximum absolute atomic E-state index is 12.7. The van der Waals surface area contributed by atoms with Crippen molar-refractivity contribution in [3.63, 3.8) is 0 Å². The SMILES string of the molecule is C.C.C.C.CC(C)(C)C1(C)CCCCC1.CC(C)(C)C1CCCc2ccccc21.CC1CCCCC1C(C)(C)C.CC1OC(C(F)(F)F)(C(F)(F)F)OCC1C(C)(C)C.CC1OC(C)(C)OCC1C(C)(C)C. The second-order valence-electron chi connectivity index (χ2n) is 27.3. The molecule has 72 heavy (non-hydrogen) atoms. The van der Waals surface area contributed by atoms with E-state index in [-0.39, 0.29) is 41.2 Å². The molecule has 10 heteroatoms. The van der Waals surface area contributed by atoms with E-state index in [4.69, 9.17) is 9.47 Å². The average Bonchev–Trinajstić information content (AvgIpc) is 3.15. The van der Waals surface area contributed by atoms with Gasteiger partial charge in [-0.3, -0.25) is 0 Å². The van der Waals surface area contributed by atoms with Crippen molar-refractivity contribution in [3.05, 3.63) is 35.4 Å². The van der Waals surface area contributed by atoms with Gasteiger partial charge >= 0.3 is 18.1 Å². The van der Waals surface area contributed by atoms with Crippen molar-refractivity contribution in [3.8, 4) is 0 Å². The van der Waals surface area contributed by atoms with Crippen LogP contribution in [-0.2, 0) is 25.4 Å². The molecule has 2 saturated carbocycles. The minimum Gasteiger partial charge on any atom is -0.350 e. The van der Waals surface area contributed by atoms with Crippen LogP contribution in [0.5, 0.6) is 0 Å². The van der Waals surface area contributed by atoms with Crippen LogP contribution in [0.4, 0.5) is 26.3 Å². The second-order valence-corrected chi connectivity index (χ2v) is 27.3. The van der Waals surface area contributed by atoms with Crippen LogP contribution >= 0.6 is 0 Å². The minimum atomic E-state index is -5.68. The van der Waals surface area contributed by atoms with Crippen LogP contribution in [0.15, 0.2) is 24.3 Å². The summed E-state index contributed by atoms with van der Waals surface area (Å²) < 4.78 is 96.2. The van der Waals surface area contributed by atoms with Crippen molar-refractivity contribution < 1.29 is 45.3 Å². The van der Waals surface area contributed by atoms with Gasteiger partial charge in [0.05, 0.1) is 25.4 Å². The van der Waals surface area contributed by atoms with Crippen molar-refractivity contribution in [2.45, 2.75) is 294 Å². The van der Waals surface area contributed by atoms with Gasteiger partial charge in [0.15, 0.2) is 5.79 Å². The van der Waals surface area contributed by atoms with E-state index in [9.17, 15) is 26.3 Å². The number of hydrogen-bond acceptors (Lipinski definition) is 4.